The Morgan fingerprint density at radius 2 is 2.13 bits per heavy atom. The van der Waals surface area contributed by atoms with Gasteiger partial charge in [0.25, 0.3) is 0 Å². The molecule has 3 rings (SSSR count). The van der Waals surface area contributed by atoms with Gasteiger partial charge in [-0.1, -0.05) is 17.7 Å². The lowest BCUT2D eigenvalue weighted by molar-refractivity contribution is -0.137. The smallest absolute Gasteiger partial charge is 0.417 e. The Bertz CT molecular complexity index is 695. The van der Waals surface area contributed by atoms with E-state index in [-0.39, 0.29) is 11.1 Å². The molecule has 1 aromatic heterocycles. The second kappa shape index (κ2) is 6.17. The molecule has 0 bridgehead atoms. The summed E-state index contributed by atoms with van der Waals surface area (Å²) in [6, 6.07) is 3.93. The van der Waals surface area contributed by atoms with Crippen LogP contribution in [0.4, 0.5) is 13.2 Å². The summed E-state index contributed by atoms with van der Waals surface area (Å²) >= 11 is 5.69. The van der Waals surface area contributed by atoms with E-state index in [4.69, 9.17) is 16.0 Å². The van der Waals surface area contributed by atoms with Gasteiger partial charge in [0.1, 0.15) is 5.76 Å². The van der Waals surface area contributed by atoms with Crippen molar-refractivity contribution in [3.63, 3.8) is 0 Å². The van der Waals surface area contributed by atoms with Gasteiger partial charge in [0.05, 0.1) is 23.3 Å². The monoisotopic (exact) mass is 344 g/mol. The summed E-state index contributed by atoms with van der Waals surface area (Å²) in [5, 5.41) is 2.98. The van der Waals surface area contributed by atoms with Crippen molar-refractivity contribution in [2.24, 2.45) is 5.92 Å². The summed E-state index contributed by atoms with van der Waals surface area (Å²) in [6.07, 6.45) is -0.855. The first kappa shape index (κ1) is 16.3. The van der Waals surface area contributed by atoms with Crippen molar-refractivity contribution in [3.05, 3.63) is 52.2 Å². The fraction of sp³-hybridized carbons (Fsp3) is 0.438. The van der Waals surface area contributed by atoms with E-state index < -0.39 is 11.7 Å². The summed E-state index contributed by atoms with van der Waals surface area (Å²) in [4.78, 5) is 4.10. The third kappa shape index (κ3) is 3.87. The molecule has 1 fully saturated rings. The molecule has 0 unspecified atom stereocenters. The van der Waals surface area contributed by atoms with Crippen molar-refractivity contribution in [1.82, 2.24) is 10.3 Å². The number of nitrogens with zero attached hydrogens (tertiary/aromatic N) is 1. The van der Waals surface area contributed by atoms with Crippen LogP contribution in [0.25, 0.3) is 0 Å². The van der Waals surface area contributed by atoms with Gasteiger partial charge < -0.3 is 9.73 Å². The second-order valence-electron chi connectivity index (χ2n) is 5.80. The molecule has 1 atom stereocenters. The molecule has 1 heterocycles. The van der Waals surface area contributed by atoms with Gasteiger partial charge in [-0.15, -0.1) is 0 Å². The van der Waals surface area contributed by atoms with Crippen LogP contribution in [0.3, 0.4) is 0 Å². The Labute approximate surface area is 136 Å². The lowest BCUT2D eigenvalue weighted by Crippen LogP contribution is -2.23. The molecule has 2 aromatic rings. The van der Waals surface area contributed by atoms with Crippen LogP contribution in [0.5, 0.6) is 0 Å². The molecule has 23 heavy (non-hydrogen) atoms. The minimum absolute atomic E-state index is 0.166. The Balaban J connectivity index is 1.81. The minimum Gasteiger partial charge on any atom is -0.445 e. The number of aryl methyl sites for hydroxylation is 1. The first-order chi connectivity index (χ1) is 10.8. The zero-order valence-corrected chi connectivity index (χ0v) is 13.2. The second-order valence-corrected chi connectivity index (χ2v) is 6.20. The van der Waals surface area contributed by atoms with E-state index >= 15 is 0 Å². The normalized spacial score (nSPS) is 16.6. The number of hydrogen-bond donors (Lipinski definition) is 1. The molecule has 0 radical (unpaired) electrons. The van der Waals surface area contributed by atoms with Crippen LogP contribution in [-0.2, 0) is 12.7 Å². The summed E-state index contributed by atoms with van der Waals surface area (Å²) in [7, 11) is 0. The number of oxazole rings is 1. The predicted molar refractivity (Wildman–Crippen MR) is 80.0 cm³/mol. The summed E-state index contributed by atoms with van der Waals surface area (Å²) in [5.74, 6) is 1.56. The third-order valence-corrected chi connectivity index (χ3v) is 4.22. The molecule has 7 heteroatoms. The first-order valence-electron chi connectivity index (χ1n) is 7.36. The van der Waals surface area contributed by atoms with Gasteiger partial charge in [-0.05, 0) is 43.4 Å². The van der Waals surface area contributed by atoms with Crippen molar-refractivity contribution in [2.45, 2.75) is 38.5 Å². The average Bonchev–Trinajstić information content (AvgIpc) is 3.22. The van der Waals surface area contributed by atoms with Crippen LogP contribution < -0.4 is 5.32 Å². The highest BCUT2D eigenvalue weighted by molar-refractivity contribution is 6.31. The van der Waals surface area contributed by atoms with Gasteiger partial charge in [0, 0.05) is 6.04 Å². The summed E-state index contributed by atoms with van der Waals surface area (Å²) in [6.45, 7) is 2.17. The highest BCUT2D eigenvalue weighted by Gasteiger charge is 2.36. The van der Waals surface area contributed by atoms with Crippen molar-refractivity contribution in [2.75, 3.05) is 0 Å². The predicted octanol–water partition coefficient (Wildman–Crippen LogP) is 4.90. The summed E-state index contributed by atoms with van der Waals surface area (Å²) < 4.78 is 44.5. The quantitative estimate of drug-likeness (QED) is 0.838. The van der Waals surface area contributed by atoms with E-state index in [9.17, 15) is 13.2 Å². The SMILES string of the molecule is Cc1cnc(CN[C@@H](c2ccc(Cl)c(C(F)(F)F)c2)C2CC2)o1. The van der Waals surface area contributed by atoms with Crippen molar-refractivity contribution < 1.29 is 17.6 Å². The van der Waals surface area contributed by atoms with Crippen LogP contribution in [0, 0.1) is 12.8 Å². The number of halogens is 4. The van der Waals surface area contributed by atoms with Gasteiger partial charge in [0.2, 0.25) is 5.89 Å². The first-order valence-corrected chi connectivity index (χ1v) is 7.73. The molecular formula is C16H16ClF3N2O. The number of alkyl halides is 3. The molecule has 0 saturated heterocycles. The number of aromatic nitrogens is 1. The molecule has 0 aliphatic heterocycles. The topological polar surface area (TPSA) is 38.1 Å². The number of hydrogen-bond acceptors (Lipinski definition) is 3. The van der Waals surface area contributed by atoms with E-state index in [1.165, 1.54) is 6.07 Å². The van der Waals surface area contributed by atoms with Crippen molar-refractivity contribution in [3.8, 4) is 0 Å². The maximum atomic E-state index is 13.0. The lowest BCUT2D eigenvalue weighted by atomic mass is 9.99. The molecular weight excluding hydrogens is 329 g/mol. The zero-order chi connectivity index (χ0) is 16.6. The van der Waals surface area contributed by atoms with Crippen LogP contribution >= 0.6 is 11.6 Å². The molecule has 124 valence electrons. The Hall–Kier alpha value is -1.53. The summed E-state index contributed by atoms with van der Waals surface area (Å²) in [5.41, 5.74) is -0.205. The third-order valence-electron chi connectivity index (χ3n) is 3.89. The maximum absolute atomic E-state index is 13.0. The van der Waals surface area contributed by atoms with E-state index in [2.05, 4.69) is 10.3 Å². The zero-order valence-electron chi connectivity index (χ0n) is 12.5. The number of nitrogens with one attached hydrogen (secondary N) is 1. The van der Waals surface area contributed by atoms with Crippen molar-refractivity contribution in [1.29, 1.82) is 0 Å². The Morgan fingerprint density at radius 3 is 2.70 bits per heavy atom. The molecule has 3 nitrogen and oxygen atoms in total. The Kier molecular flexibility index (Phi) is 4.38. The fourth-order valence-corrected chi connectivity index (χ4v) is 2.84. The van der Waals surface area contributed by atoms with Crippen LogP contribution in [0.2, 0.25) is 5.02 Å². The van der Waals surface area contributed by atoms with Crippen LogP contribution in [0.1, 0.15) is 41.7 Å². The van der Waals surface area contributed by atoms with Gasteiger partial charge in [-0.25, -0.2) is 4.98 Å². The van der Waals surface area contributed by atoms with Crippen molar-refractivity contribution >= 4 is 11.6 Å². The van der Waals surface area contributed by atoms with E-state index in [1.54, 1.807) is 19.2 Å². The Morgan fingerprint density at radius 1 is 1.39 bits per heavy atom. The highest BCUT2D eigenvalue weighted by atomic mass is 35.5. The number of benzene rings is 1. The molecule has 0 amide bonds. The average molecular weight is 345 g/mol. The molecule has 1 aliphatic carbocycles. The van der Waals surface area contributed by atoms with Crippen LogP contribution in [0.15, 0.2) is 28.8 Å². The van der Waals surface area contributed by atoms with Gasteiger partial charge >= 0.3 is 6.18 Å². The minimum atomic E-state index is -4.46. The van der Waals surface area contributed by atoms with Gasteiger partial charge in [0.15, 0.2) is 0 Å². The van der Waals surface area contributed by atoms with E-state index in [1.807, 2.05) is 0 Å². The molecule has 1 aliphatic rings. The highest BCUT2D eigenvalue weighted by Crippen LogP contribution is 2.43. The lowest BCUT2D eigenvalue weighted by Gasteiger charge is -2.20. The fourth-order valence-electron chi connectivity index (χ4n) is 2.62. The van der Waals surface area contributed by atoms with Crippen LogP contribution in [-0.4, -0.2) is 4.98 Å². The molecule has 0 spiro atoms. The number of rotatable bonds is 5. The van der Waals surface area contributed by atoms with E-state index in [0.717, 1.165) is 18.9 Å². The molecule has 1 N–H and O–H groups in total. The van der Waals surface area contributed by atoms with Gasteiger partial charge in [-0.3, -0.25) is 0 Å². The molecule has 1 saturated carbocycles. The molecule has 1 aromatic carbocycles. The maximum Gasteiger partial charge on any atom is 0.417 e. The van der Waals surface area contributed by atoms with E-state index in [0.29, 0.717) is 29.7 Å². The standard InChI is InChI=1S/C16H16ClF3N2O/c1-9-7-21-14(23-9)8-22-15(10-2-3-10)11-4-5-13(17)12(6-11)16(18,19)20/h4-7,10,15,22H,2-3,8H2,1H3/t15-/m1/s1. The largest absolute Gasteiger partial charge is 0.445 e. The van der Waals surface area contributed by atoms with Gasteiger partial charge in [-0.2, -0.15) is 13.2 Å².